The molecule has 0 aromatic carbocycles. The number of likely N-dealkylation sites (N-methyl/N-ethyl adjacent to an activating group) is 1. The summed E-state index contributed by atoms with van der Waals surface area (Å²) in [5, 5.41) is 3.14. The van der Waals surface area contributed by atoms with Gasteiger partial charge in [-0.1, -0.05) is 0 Å². The van der Waals surface area contributed by atoms with Crippen LogP contribution in [-0.2, 0) is 4.79 Å². The molecule has 0 spiro atoms. The molecule has 13 heavy (non-hydrogen) atoms. The van der Waals surface area contributed by atoms with Gasteiger partial charge in [-0.15, -0.1) is 0 Å². The third-order valence-electron chi connectivity index (χ3n) is 2.48. The fraction of sp³-hybridized carbons (Fsp3) is 0.889. The maximum Gasteiger partial charge on any atom is 0.133 e. The highest BCUT2D eigenvalue weighted by atomic mass is 16.1. The third kappa shape index (κ3) is 3.85. The van der Waals surface area contributed by atoms with Crippen LogP contribution in [0.25, 0.3) is 0 Å². The van der Waals surface area contributed by atoms with Gasteiger partial charge in [-0.3, -0.25) is 9.80 Å². The molecule has 76 valence electrons. The SMILES string of the molecule is CNCCN1CCN(CC=O)CC1. The Kier molecular flexibility index (Phi) is 4.97. The molecule has 0 saturated carbocycles. The summed E-state index contributed by atoms with van der Waals surface area (Å²) in [6.07, 6.45) is 0.989. The Hall–Kier alpha value is -0.450. The molecule has 1 heterocycles. The third-order valence-corrected chi connectivity index (χ3v) is 2.48. The zero-order valence-corrected chi connectivity index (χ0v) is 8.33. The molecule has 0 bridgehead atoms. The summed E-state index contributed by atoms with van der Waals surface area (Å²) in [5.74, 6) is 0. The number of rotatable bonds is 5. The van der Waals surface area contributed by atoms with E-state index in [0.717, 1.165) is 45.6 Å². The van der Waals surface area contributed by atoms with Crippen molar-refractivity contribution in [2.45, 2.75) is 0 Å². The number of carbonyl (C=O) groups excluding carboxylic acids is 1. The van der Waals surface area contributed by atoms with Crippen molar-refractivity contribution in [3.8, 4) is 0 Å². The fourth-order valence-corrected chi connectivity index (χ4v) is 1.57. The number of piperazine rings is 1. The van der Waals surface area contributed by atoms with E-state index < -0.39 is 0 Å². The van der Waals surface area contributed by atoms with Crippen molar-refractivity contribution >= 4 is 6.29 Å². The first kappa shape index (κ1) is 10.6. The van der Waals surface area contributed by atoms with Crippen LogP contribution in [0, 0.1) is 0 Å². The maximum atomic E-state index is 10.3. The molecule has 1 saturated heterocycles. The Morgan fingerprint density at radius 1 is 1.23 bits per heavy atom. The molecule has 0 amide bonds. The van der Waals surface area contributed by atoms with E-state index in [4.69, 9.17) is 0 Å². The van der Waals surface area contributed by atoms with Gasteiger partial charge in [-0.2, -0.15) is 0 Å². The Morgan fingerprint density at radius 2 is 1.85 bits per heavy atom. The number of nitrogens with zero attached hydrogens (tertiary/aromatic N) is 2. The number of carbonyl (C=O) groups is 1. The topological polar surface area (TPSA) is 35.6 Å². The first-order valence-corrected chi connectivity index (χ1v) is 4.89. The lowest BCUT2D eigenvalue weighted by Gasteiger charge is -2.33. The number of nitrogens with one attached hydrogen (secondary N) is 1. The molecule has 1 aliphatic heterocycles. The predicted octanol–water partition coefficient (Wildman–Crippen LogP) is -0.978. The van der Waals surface area contributed by atoms with Gasteiger partial charge in [0.15, 0.2) is 0 Å². The highest BCUT2D eigenvalue weighted by Crippen LogP contribution is 1.99. The molecule has 0 aromatic heterocycles. The second kappa shape index (κ2) is 6.07. The Balaban J connectivity index is 2.11. The van der Waals surface area contributed by atoms with Crippen LogP contribution in [0.3, 0.4) is 0 Å². The van der Waals surface area contributed by atoms with E-state index in [-0.39, 0.29) is 0 Å². The van der Waals surface area contributed by atoms with Crippen molar-refractivity contribution in [3.63, 3.8) is 0 Å². The molecular weight excluding hydrogens is 166 g/mol. The van der Waals surface area contributed by atoms with Crippen molar-refractivity contribution < 1.29 is 4.79 Å². The summed E-state index contributed by atoms with van der Waals surface area (Å²) in [7, 11) is 1.97. The van der Waals surface area contributed by atoms with Crippen LogP contribution in [0.1, 0.15) is 0 Å². The summed E-state index contributed by atoms with van der Waals surface area (Å²) < 4.78 is 0. The normalized spacial score (nSPS) is 20.4. The van der Waals surface area contributed by atoms with E-state index in [9.17, 15) is 4.79 Å². The van der Waals surface area contributed by atoms with Gasteiger partial charge in [0.1, 0.15) is 6.29 Å². The van der Waals surface area contributed by atoms with Crippen LogP contribution in [0.2, 0.25) is 0 Å². The molecule has 0 aliphatic carbocycles. The van der Waals surface area contributed by atoms with Crippen molar-refractivity contribution in [2.24, 2.45) is 0 Å². The Bertz CT molecular complexity index is 144. The second-order valence-electron chi connectivity index (χ2n) is 3.41. The summed E-state index contributed by atoms with van der Waals surface area (Å²) >= 11 is 0. The highest BCUT2D eigenvalue weighted by molar-refractivity contribution is 5.51. The minimum absolute atomic E-state index is 0.597. The van der Waals surface area contributed by atoms with E-state index in [1.54, 1.807) is 0 Å². The molecule has 4 heteroatoms. The summed E-state index contributed by atoms with van der Waals surface area (Å²) in [4.78, 5) is 14.9. The molecule has 1 N–H and O–H groups in total. The van der Waals surface area contributed by atoms with Crippen molar-refractivity contribution in [1.29, 1.82) is 0 Å². The van der Waals surface area contributed by atoms with Gasteiger partial charge in [0, 0.05) is 39.3 Å². The first-order valence-electron chi connectivity index (χ1n) is 4.89. The van der Waals surface area contributed by atoms with Gasteiger partial charge in [0.25, 0.3) is 0 Å². The zero-order chi connectivity index (χ0) is 9.52. The van der Waals surface area contributed by atoms with Gasteiger partial charge < -0.3 is 10.1 Å². The average Bonchev–Trinajstić information content (AvgIpc) is 2.17. The smallest absolute Gasteiger partial charge is 0.133 e. The lowest BCUT2D eigenvalue weighted by atomic mass is 10.3. The standard InChI is InChI=1S/C9H19N3O/c1-10-2-3-11-4-6-12(7-5-11)8-9-13/h9-10H,2-8H2,1H3. The molecule has 1 rings (SSSR count). The van der Waals surface area contributed by atoms with Crippen LogP contribution < -0.4 is 5.32 Å². The fourth-order valence-electron chi connectivity index (χ4n) is 1.57. The van der Waals surface area contributed by atoms with Crippen LogP contribution in [-0.4, -0.2) is 68.9 Å². The second-order valence-corrected chi connectivity index (χ2v) is 3.41. The van der Waals surface area contributed by atoms with Crippen LogP contribution in [0.15, 0.2) is 0 Å². The van der Waals surface area contributed by atoms with Crippen LogP contribution in [0.4, 0.5) is 0 Å². The van der Waals surface area contributed by atoms with Crippen LogP contribution in [0.5, 0.6) is 0 Å². The minimum Gasteiger partial charge on any atom is -0.318 e. The van der Waals surface area contributed by atoms with Gasteiger partial charge >= 0.3 is 0 Å². The van der Waals surface area contributed by atoms with E-state index in [0.29, 0.717) is 6.54 Å². The van der Waals surface area contributed by atoms with E-state index >= 15 is 0 Å². The molecular formula is C9H19N3O. The molecule has 0 atom stereocenters. The molecule has 1 fully saturated rings. The molecule has 0 aromatic rings. The Labute approximate surface area is 79.9 Å². The van der Waals surface area contributed by atoms with Crippen LogP contribution >= 0.6 is 0 Å². The van der Waals surface area contributed by atoms with Crippen molar-refractivity contribution in [3.05, 3.63) is 0 Å². The molecule has 4 nitrogen and oxygen atoms in total. The number of hydrogen-bond acceptors (Lipinski definition) is 4. The molecule has 1 aliphatic rings. The largest absolute Gasteiger partial charge is 0.318 e. The maximum absolute atomic E-state index is 10.3. The number of aldehydes is 1. The lowest BCUT2D eigenvalue weighted by molar-refractivity contribution is -0.109. The van der Waals surface area contributed by atoms with Crippen molar-refractivity contribution in [1.82, 2.24) is 15.1 Å². The zero-order valence-electron chi connectivity index (χ0n) is 8.33. The van der Waals surface area contributed by atoms with Gasteiger partial charge in [0.2, 0.25) is 0 Å². The Morgan fingerprint density at radius 3 is 2.38 bits per heavy atom. The first-order chi connectivity index (χ1) is 6.36. The highest BCUT2D eigenvalue weighted by Gasteiger charge is 2.14. The van der Waals surface area contributed by atoms with E-state index in [1.165, 1.54) is 0 Å². The van der Waals surface area contributed by atoms with Gasteiger partial charge in [-0.25, -0.2) is 0 Å². The molecule has 0 radical (unpaired) electrons. The van der Waals surface area contributed by atoms with E-state index in [2.05, 4.69) is 15.1 Å². The number of hydrogen-bond donors (Lipinski definition) is 1. The monoisotopic (exact) mass is 185 g/mol. The minimum atomic E-state index is 0.597. The predicted molar refractivity (Wildman–Crippen MR) is 52.9 cm³/mol. The van der Waals surface area contributed by atoms with Gasteiger partial charge in [-0.05, 0) is 7.05 Å². The average molecular weight is 185 g/mol. The summed E-state index contributed by atoms with van der Waals surface area (Å²) in [6, 6.07) is 0. The van der Waals surface area contributed by atoms with E-state index in [1.807, 2.05) is 7.05 Å². The molecule has 0 unspecified atom stereocenters. The quantitative estimate of drug-likeness (QED) is 0.559. The van der Waals surface area contributed by atoms with Crippen molar-refractivity contribution in [2.75, 3.05) is 52.9 Å². The summed E-state index contributed by atoms with van der Waals surface area (Å²) in [5.41, 5.74) is 0. The van der Waals surface area contributed by atoms with Gasteiger partial charge in [0.05, 0.1) is 6.54 Å². The summed E-state index contributed by atoms with van der Waals surface area (Å²) in [6.45, 7) is 7.01. The lowest BCUT2D eigenvalue weighted by Crippen LogP contribution is -2.48.